The van der Waals surface area contributed by atoms with Gasteiger partial charge in [-0.15, -0.1) is 12.4 Å². The van der Waals surface area contributed by atoms with Gasteiger partial charge in [-0.3, -0.25) is 4.79 Å². The molecule has 0 spiro atoms. The summed E-state index contributed by atoms with van der Waals surface area (Å²) in [6.07, 6.45) is 3.01. The highest BCUT2D eigenvalue weighted by molar-refractivity contribution is 5.85. The molecular formula is C14H21ClN2O. The summed E-state index contributed by atoms with van der Waals surface area (Å²) in [7, 11) is 1.86. The number of nitrogens with two attached hydrogens (primary N) is 1. The molecule has 3 nitrogen and oxygen atoms in total. The molecule has 0 saturated heterocycles. The van der Waals surface area contributed by atoms with Gasteiger partial charge in [0.05, 0.1) is 5.92 Å². The smallest absolute Gasteiger partial charge is 0.227 e. The minimum Gasteiger partial charge on any atom is -0.341 e. The Balaban J connectivity index is 0.00000162. The summed E-state index contributed by atoms with van der Waals surface area (Å²) < 4.78 is 0. The lowest BCUT2D eigenvalue weighted by molar-refractivity contribution is -0.134. The Morgan fingerprint density at radius 1 is 1.33 bits per heavy atom. The van der Waals surface area contributed by atoms with E-state index in [9.17, 15) is 4.79 Å². The number of nitrogens with zero attached hydrogens (tertiary/aromatic N) is 1. The van der Waals surface area contributed by atoms with E-state index in [1.54, 1.807) is 4.90 Å². The number of benzene rings is 1. The van der Waals surface area contributed by atoms with Gasteiger partial charge in [-0.2, -0.15) is 0 Å². The quantitative estimate of drug-likeness (QED) is 0.914. The fourth-order valence-electron chi connectivity index (χ4n) is 2.51. The topological polar surface area (TPSA) is 46.3 Å². The van der Waals surface area contributed by atoms with Crippen molar-refractivity contribution in [2.75, 3.05) is 7.05 Å². The molecule has 0 heterocycles. The van der Waals surface area contributed by atoms with Crippen LogP contribution in [0.3, 0.4) is 0 Å². The van der Waals surface area contributed by atoms with Crippen LogP contribution in [-0.2, 0) is 11.3 Å². The van der Waals surface area contributed by atoms with Gasteiger partial charge in [-0.1, -0.05) is 36.8 Å². The van der Waals surface area contributed by atoms with Crippen molar-refractivity contribution < 1.29 is 4.79 Å². The lowest BCUT2D eigenvalue weighted by Crippen LogP contribution is -2.39. The van der Waals surface area contributed by atoms with Crippen LogP contribution in [0.5, 0.6) is 0 Å². The van der Waals surface area contributed by atoms with E-state index in [1.807, 2.05) is 37.4 Å². The number of carbonyl (C=O) groups is 1. The molecule has 1 aromatic rings. The highest BCUT2D eigenvalue weighted by Crippen LogP contribution is 2.25. The third-order valence-electron chi connectivity index (χ3n) is 3.53. The second-order valence-electron chi connectivity index (χ2n) is 4.88. The summed E-state index contributed by atoms with van der Waals surface area (Å²) in [5.41, 5.74) is 7.13. The van der Waals surface area contributed by atoms with Crippen LogP contribution in [0.2, 0.25) is 0 Å². The summed E-state index contributed by atoms with van der Waals surface area (Å²) in [4.78, 5) is 14.0. The molecule has 100 valence electrons. The molecule has 1 fully saturated rings. The fourth-order valence-corrected chi connectivity index (χ4v) is 2.51. The maximum Gasteiger partial charge on any atom is 0.227 e. The van der Waals surface area contributed by atoms with E-state index in [0.29, 0.717) is 6.54 Å². The van der Waals surface area contributed by atoms with E-state index in [-0.39, 0.29) is 30.3 Å². The zero-order chi connectivity index (χ0) is 12.3. The average Bonchev–Trinajstić information content (AvgIpc) is 2.76. The number of hydrogen-bond acceptors (Lipinski definition) is 2. The van der Waals surface area contributed by atoms with Gasteiger partial charge in [0.25, 0.3) is 0 Å². The third kappa shape index (κ3) is 3.47. The van der Waals surface area contributed by atoms with Crippen LogP contribution in [0.1, 0.15) is 24.8 Å². The van der Waals surface area contributed by atoms with Crippen molar-refractivity contribution >= 4 is 18.3 Å². The van der Waals surface area contributed by atoms with Gasteiger partial charge < -0.3 is 10.6 Å². The highest BCUT2D eigenvalue weighted by atomic mass is 35.5. The lowest BCUT2D eigenvalue weighted by Gasteiger charge is -2.23. The molecule has 18 heavy (non-hydrogen) atoms. The van der Waals surface area contributed by atoms with Crippen LogP contribution in [0.15, 0.2) is 30.3 Å². The van der Waals surface area contributed by atoms with Gasteiger partial charge in [-0.25, -0.2) is 0 Å². The Morgan fingerprint density at radius 3 is 2.56 bits per heavy atom. The number of halogens is 1. The second kappa shape index (κ2) is 6.76. The molecule has 1 saturated carbocycles. The van der Waals surface area contributed by atoms with Gasteiger partial charge in [0, 0.05) is 19.6 Å². The molecule has 0 aromatic heterocycles. The van der Waals surface area contributed by atoms with Gasteiger partial charge in [0.1, 0.15) is 0 Å². The molecule has 1 aliphatic rings. The molecule has 0 bridgehead atoms. The van der Waals surface area contributed by atoms with Gasteiger partial charge >= 0.3 is 0 Å². The maximum atomic E-state index is 12.2. The van der Waals surface area contributed by atoms with Crippen LogP contribution >= 0.6 is 12.4 Å². The zero-order valence-corrected chi connectivity index (χ0v) is 11.5. The van der Waals surface area contributed by atoms with E-state index < -0.39 is 0 Å². The zero-order valence-electron chi connectivity index (χ0n) is 10.7. The molecular weight excluding hydrogens is 248 g/mol. The molecule has 1 amide bonds. The fraction of sp³-hybridized carbons (Fsp3) is 0.500. The molecule has 1 aliphatic carbocycles. The Morgan fingerprint density at radius 2 is 2.00 bits per heavy atom. The Kier molecular flexibility index (Phi) is 5.63. The van der Waals surface area contributed by atoms with Crippen LogP contribution < -0.4 is 5.73 Å². The molecule has 1 aromatic carbocycles. The van der Waals surface area contributed by atoms with E-state index in [4.69, 9.17) is 5.73 Å². The first-order chi connectivity index (χ1) is 8.18. The summed E-state index contributed by atoms with van der Waals surface area (Å²) in [5.74, 6) is 0.225. The standard InChI is InChI=1S/C14H20N2O.ClH/c1-16(10-11-6-3-2-4-7-11)14(17)12-8-5-9-13(12)15;/h2-4,6-7,12-13H,5,8-10,15H2,1H3;1H. The molecule has 4 heteroatoms. The minimum atomic E-state index is 0. The highest BCUT2D eigenvalue weighted by Gasteiger charge is 2.31. The molecule has 0 radical (unpaired) electrons. The molecule has 0 aliphatic heterocycles. The minimum absolute atomic E-state index is 0. The van der Waals surface area contributed by atoms with E-state index in [0.717, 1.165) is 24.8 Å². The summed E-state index contributed by atoms with van der Waals surface area (Å²) in [5, 5.41) is 0. The van der Waals surface area contributed by atoms with Crippen molar-refractivity contribution in [2.45, 2.75) is 31.8 Å². The predicted octanol–water partition coefficient (Wildman–Crippen LogP) is 2.19. The van der Waals surface area contributed by atoms with E-state index >= 15 is 0 Å². The number of rotatable bonds is 3. The van der Waals surface area contributed by atoms with Crippen LogP contribution in [-0.4, -0.2) is 23.9 Å². The number of amides is 1. The average molecular weight is 269 g/mol. The normalized spacial score (nSPS) is 22.3. The van der Waals surface area contributed by atoms with E-state index in [2.05, 4.69) is 0 Å². The Hall–Kier alpha value is -1.06. The van der Waals surface area contributed by atoms with Crippen molar-refractivity contribution in [1.82, 2.24) is 4.90 Å². The Labute approximate surface area is 115 Å². The molecule has 2 atom stereocenters. The monoisotopic (exact) mass is 268 g/mol. The third-order valence-corrected chi connectivity index (χ3v) is 3.53. The van der Waals surface area contributed by atoms with Crippen molar-refractivity contribution in [3.8, 4) is 0 Å². The molecule has 2 rings (SSSR count). The van der Waals surface area contributed by atoms with Gasteiger partial charge in [0.15, 0.2) is 0 Å². The maximum absolute atomic E-state index is 12.2. The van der Waals surface area contributed by atoms with Gasteiger partial charge in [0.2, 0.25) is 5.91 Å². The number of hydrogen-bond donors (Lipinski definition) is 1. The first-order valence-electron chi connectivity index (χ1n) is 6.23. The summed E-state index contributed by atoms with van der Waals surface area (Å²) in [6.45, 7) is 0.670. The van der Waals surface area contributed by atoms with Crippen molar-refractivity contribution in [1.29, 1.82) is 0 Å². The second-order valence-corrected chi connectivity index (χ2v) is 4.88. The SMILES string of the molecule is CN(Cc1ccccc1)C(=O)C1CCCC1N.Cl. The van der Waals surface area contributed by atoms with Gasteiger partial charge in [-0.05, 0) is 18.4 Å². The molecule has 2 N–H and O–H groups in total. The van der Waals surface area contributed by atoms with E-state index in [1.165, 1.54) is 0 Å². The first-order valence-corrected chi connectivity index (χ1v) is 6.23. The van der Waals surface area contributed by atoms with Crippen molar-refractivity contribution in [3.63, 3.8) is 0 Å². The van der Waals surface area contributed by atoms with Crippen LogP contribution in [0, 0.1) is 5.92 Å². The number of carbonyl (C=O) groups excluding carboxylic acids is 1. The first kappa shape index (κ1) is 15.0. The van der Waals surface area contributed by atoms with Crippen LogP contribution in [0.25, 0.3) is 0 Å². The summed E-state index contributed by atoms with van der Waals surface area (Å²) >= 11 is 0. The van der Waals surface area contributed by atoms with Crippen molar-refractivity contribution in [2.24, 2.45) is 11.7 Å². The Bertz CT molecular complexity index is 383. The van der Waals surface area contributed by atoms with Crippen LogP contribution in [0.4, 0.5) is 0 Å². The summed E-state index contributed by atoms with van der Waals surface area (Å²) in [6, 6.07) is 10.1. The lowest BCUT2D eigenvalue weighted by atomic mass is 10.0. The predicted molar refractivity (Wildman–Crippen MR) is 75.5 cm³/mol. The molecule has 2 unspecified atom stereocenters. The van der Waals surface area contributed by atoms with Crippen molar-refractivity contribution in [3.05, 3.63) is 35.9 Å². The largest absolute Gasteiger partial charge is 0.341 e.